The number of nitrogens with zero attached hydrogens (tertiary/aromatic N) is 5. The highest BCUT2D eigenvalue weighted by molar-refractivity contribution is 5.76. The quantitative estimate of drug-likeness (QED) is 0.835. The van der Waals surface area contributed by atoms with E-state index in [1.165, 1.54) is 0 Å². The number of amides is 1. The Morgan fingerprint density at radius 3 is 2.67 bits per heavy atom. The predicted octanol–water partition coefficient (Wildman–Crippen LogP) is 0.646. The molecule has 2 aromatic heterocycles. The molecule has 27 heavy (non-hydrogen) atoms. The van der Waals surface area contributed by atoms with E-state index in [1.54, 1.807) is 21.5 Å². The van der Waals surface area contributed by atoms with Crippen molar-refractivity contribution in [2.24, 2.45) is 5.92 Å². The first kappa shape index (κ1) is 17.9. The molecule has 1 unspecified atom stereocenters. The summed E-state index contributed by atoms with van der Waals surface area (Å²) in [5, 5.41) is 12.0. The number of hydrogen-bond donors (Lipinski definition) is 1. The van der Waals surface area contributed by atoms with Crippen LogP contribution in [-0.2, 0) is 11.3 Å². The summed E-state index contributed by atoms with van der Waals surface area (Å²) in [4.78, 5) is 26.1. The zero-order valence-electron chi connectivity index (χ0n) is 15.9. The summed E-state index contributed by atoms with van der Waals surface area (Å²) in [6.45, 7) is 7.30. The van der Waals surface area contributed by atoms with Crippen molar-refractivity contribution in [1.82, 2.24) is 29.8 Å². The largest absolute Gasteiger partial charge is 0.352 e. The van der Waals surface area contributed by atoms with Crippen molar-refractivity contribution in [1.29, 1.82) is 0 Å². The normalized spacial score (nSPS) is 21.1. The molecule has 1 amide bonds. The molecule has 0 bridgehead atoms. The number of piperidine rings is 1. The van der Waals surface area contributed by atoms with Crippen molar-refractivity contribution in [2.75, 3.05) is 19.6 Å². The van der Waals surface area contributed by atoms with Gasteiger partial charge in [0.2, 0.25) is 5.91 Å². The summed E-state index contributed by atoms with van der Waals surface area (Å²) in [7, 11) is 0. The fourth-order valence-corrected chi connectivity index (χ4v) is 4.06. The maximum Gasteiger partial charge on any atom is 0.266 e. The van der Waals surface area contributed by atoms with Crippen LogP contribution < -0.4 is 10.9 Å². The topological polar surface area (TPSA) is 85.0 Å². The van der Waals surface area contributed by atoms with E-state index in [4.69, 9.17) is 0 Å². The molecule has 4 heterocycles. The highest BCUT2D eigenvalue weighted by Crippen LogP contribution is 2.19. The SMILES string of the molecule is Cc1cc(C)n(-c2ccc(=O)n(CC3CN(CC4CCCC(=O)N4)C3)n2)n1. The van der Waals surface area contributed by atoms with Gasteiger partial charge in [-0.3, -0.25) is 9.59 Å². The molecule has 8 heteroatoms. The number of nitrogens with one attached hydrogen (secondary N) is 1. The zero-order chi connectivity index (χ0) is 19.0. The van der Waals surface area contributed by atoms with Crippen LogP contribution in [0, 0.1) is 19.8 Å². The second kappa shape index (κ2) is 7.26. The van der Waals surface area contributed by atoms with Crippen molar-refractivity contribution < 1.29 is 4.79 Å². The Hall–Kier alpha value is -2.48. The molecule has 0 spiro atoms. The molecule has 144 valence electrons. The van der Waals surface area contributed by atoms with Crippen molar-refractivity contribution in [2.45, 2.75) is 45.7 Å². The minimum Gasteiger partial charge on any atom is -0.352 e. The lowest BCUT2D eigenvalue weighted by atomic mass is 9.97. The van der Waals surface area contributed by atoms with E-state index < -0.39 is 0 Å². The summed E-state index contributed by atoms with van der Waals surface area (Å²) < 4.78 is 3.32. The number of carbonyl (C=O) groups excluding carboxylic acids is 1. The second-order valence-corrected chi connectivity index (χ2v) is 7.79. The van der Waals surface area contributed by atoms with Crippen LogP contribution in [0.2, 0.25) is 0 Å². The maximum absolute atomic E-state index is 12.2. The van der Waals surface area contributed by atoms with Crippen LogP contribution in [0.4, 0.5) is 0 Å². The van der Waals surface area contributed by atoms with E-state index in [2.05, 4.69) is 20.4 Å². The minimum absolute atomic E-state index is 0.0849. The lowest BCUT2D eigenvalue weighted by molar-refractivity contribution is -0.123. The molecule has 2 aliphatic heterocycles. The number of rotatable bonds is 5. The molecule has 8 nitrogen and oxygen atoms in total. The van der Waals surface area contributed by atoms with Gasteiger partial charge in [-0.05, 0) is 38.8 Å². The van der Waals surface area contributed by atoms with Crippen LogP contribution in [0.3, 0.4) is 0 Å². The summed E-state index contributed by atoms with van der Waals surface area (Å²) in [5.41, 5.74) is 1.84. The Balaban J connectivity index is 1.36. The van der Waals surface area contributed by atoms with Crippen LogP contribution in [0.25, 0.3) is 5.82 Å². The fourth-order valence-electron chi connectivity index (χ4n) is 4.06. The van der Waals surface area contributed by atoms with Crippen LogP contribution in [-0.4, -0.2) is 56.0 Å². The summed E-state index contributed by atoms with van der Waals surface area (Å²) in [6, 6.07) is 5.54. The van der Waals surface area contributed by atoms with Gasteiger partial charge in [0.1, 0.15) is 0 Å². The lowest BCUT2D eigenvalue weighted by Crippen LogP contribution is -2.55. The van der Waals surface area contributed by atoms with Crippen LogP contribution in [0.5, 0.6) is 0 Å². The van der Waals surface area contributed by atoms with Gasteiger partial charge in [0, 0.05) is 49.8 Å². The van der Waals surface area contributed by atoms with Gasteiger partial charge in [0.15, 0.2) is 5.82 Å². The number of aromatic nitrogens is 4. The van der Waals surface area contributed by atoms with Gasteiger partial charge < -0.3 is 10.2 Å². The first-order valence-corrected chi connectivity index (χ1v) is 9.61. The molecule has 0 aromatic carbocycles. The second-order valence-electron chi connectivity index (χ2n) is 7.79. The van der Waals surface area contributed by atoms with E-state index in [9.17, 15) is 9.59 Å². The predicted molar refractivity (Wildman–Crippen MR) is 101 cm³/mol. The highest BCUT2D eigenvalue weighted by atomic mass is 16.1. The Labute approximate surface area is 158 Å². The van der Waals surface area contributed by atoms with E-state index in [0.29, 0.717) is 24.7 Å². The Morgan fingerprint density at radius 2 is 1.96 bits per heavy atom. The Morgan fingerprint density at radius 1 is 1.15 bits per heavy atom. The third-order valence-corrected chi connectivity index (χ3v) is 5.34. The molecule has 0 radical (unpaired) electrons. The summed E-state index contributed by atoms with van der Waals surface area (Å²) in [5.74, 6) is 1.24. The third-order valence-electron chi connectivity index (χ3n) is 5.34. The van der Waals surface area contributed by atoms with E-state index >= 15 is 0 Å². The zero-order valence-corrected chi connectivity index (χ0v) is 15.9. The van der Waals surface area contributed by atoms with E-state index in [-0.39, 0.29) is 17.5 Å². The van der Waals surface area contributed by atoms with Gasteiger partial charge in [0.05, 0.1) is 12.2 Å². The number of hydrogen-bond acceptors (Lipinski definition) is 5. The van der Waals surface area contributed by atoms with Gasteiger partial charge in [0.25, 0.3) is 5.56 Å². The molecule has 2 aliphatic rings. The maximum atomic E-state index is 12.2. The Bertz CT molecular complexity index is 896. The van der Waals surface area contributed by atoms with E-state index in [1.807, 2.05) is 19.9 Å². The fraction of sp³-hybridized carbons (Fsp3) is 0.579. The first-order valence-electron chi connectivity index (χ1n) is 9.61. The highest BCUT2D eigenvalue weighted by Gasteiger charge is 2.30. The number of carbonyl (C=O) groups is 1. The third kappa shape index (κ3) is 3.95. The van der Waals surface area contributed by atoms with E-state index in [0.717, 1.165) is 43.9 Å². The van der Waals surface area contributed by atoms with Crippen molar-refractivity contribution >= 4 is 5.91 Å². The first-order chi connectivity index (χ1) is 13.0. The van der Waals surface area contributed by atoms with Crippen LogP contribution >= 0.6 is 0 Å². The average molecular weight is 370 g/mol. The monoisotopic (exact) mass is 370 g/mol. The number of aryl methyl sites for hydroxylation is 2. The Kier molecular flexibility index (Phi) is 4.82. The van der Waals surface area contributed by atoms with Crippen molar-refractivity contribution in [3.8, 4) is 5.82 Å². The van der Waals surface area contributed by atoms with Gasteiger partial charge in [-0.25, -0.2) is 9.36 Å². The molecular formula is C19H26N6O2. The molecular weight excluding hydrogens is 344 g/mol. The molecule has 1 N–H and O–H groups in total. The van der Waals surface area contributed by atoms with Crippen LogP contribution in [0.15, 0.2) is 23.0 Å². The molecule has 2 fully saturated rings. The van der Waals surface area contributed by atoms with Gasteiger partial charge in [-0.2, -0.15) is 5.10 Å². The summed E-state index contributed by atoms with van der Waals surface area (Å²) >= 11 is 0. The van der Waals surface area contributed by atoms with Crippen molar-refractivity contribution in [3.05, 3.63) is 39.9 Å². The molecule has 4 rings (SSSR count). The summed E-state index contributed by atoms with van der Waals surface area (Å²) in [6.07, 6.45) is 2.68. The average Bonchev–Trinajstić information content (AvgIpc) is 2.93. The van der Waals surface area contributed by atoms with Gasteiger partial charge in [-0.1, -0.05) is 0 Å². The molecule has 0 aliphatic carbocycles. The van der Waals surface area contributed by atoms with Gasteiger partial charge in [-0.15, -0.1) is 5.10 Å². The number of likely N-dealkylation sites (tertiary alicyclic amines) is 1. The minimum atomic E-state index is -0.0849. The molecule has 2 saturated heterocycles. The molecule has 2 aromatic rings. The van der Waals surface area contributed by atoms with Crippen molar-refractivity contribution in [3.63, 3.8) is 0 Å². The van der Waals surface area contributed by atoms with Gasteiger partial charge >= 0.3 is 0 Å². The molecule has 1 atom stereocenters. The standard InChI is InChI=1S/C19H26N6O2/c1-13-8-14(2)25(21-13)17-6-7-19(27)24(22-17)11-15-9-23(10-15)12-16-4-3-5-18(26)20-16/h6-8,15-16H,3-5,9-12H2,1-2H3,(H,20,26). The molecule has 0 saturated carbocycles. The van der Waals surface area contributed by atoms with Crippen LogP contribution in [0.1, 0.15) is 30.7 Å². The lowest BCUT2D eigenvalue weighted by Gasteiger charge is -2.41. The smallest absolute Gasteiger partial charge is 0.266 e.